The van der Waals surface area contributed by atoms with Gasteiger partial charge in [-0.15, -0.1) is 0 Å². The Labute approximate surface area is 151 Å². The molecule has 0 unspecified atom stereocenters. The molecule has 0 saturated heterocycles. The van der Waals surface area contributed by atoms with Crippen LogP contribution in [-0.4, -0.2) is 34.2 Å². The van der Waals surface area contributed by atoms with Crippen LogP contribution in [0.4, 0.5) is 17.6 Å². The molecular weight excluding hydrogens is 390 g/mol. The van der Waals surface area contributed by atoms with Gasteiger partial charge in [-0.05, 0) is 19.2 Å². The molecule has 0 saturated carbocycles. The van der Waals surface area contributed by atoms with E-state index >= 15 is 0 Å². The summed E-state index contributed by atoms with van der Waals surface area (Å²) in [5, 5.41) is 5.94. The molecule has 0 amide bonds. The normalized spacial score (nSPS) is 12.1. The Hall–Kier alpha value is -2.73. The van der Waals surface area contributed by atoms with Crippen LogP contribution in [0.2, 0.25) is 0 Å². The second-order valence-electron chi connectivity index (χ2n) is 5.42. The number of nitrogens with one attached hydrogen (secondary N) is 1. The fourth-order valence-corrected chi connectivity index (χ4v) is 3.82. The molecule has 27 heavy (non-hydrogen) atoms. The average Bonchev–Trinajstić information content (AvgIpc) is 3.23. The highest BCUT2D eigenvalue weighted by molar-refractivity contribution is 7.90. The van der Waals surface area contributed by atoms with Gasteiger partial charge in [0, 0.05) is 24.5 Å². The second-order valence-corrected chi connectivity index (χ2v) is 7.24. The lowest BCUT2D eigenvalue weighted by Crippen LogP contribution is -2.14. The highest BCUT2D eigenvalue weighted by Gasteiger charge is 2.29. The van der Waals surface area contributed by atoms with Crippen LogP contribution in [0.5, 0.6) is 0 Å². The number of aromatic nitrogens is 4. The fourth-order valence-electron chi connectivity index (χ4n) is 2.49. The van der Waals surface area contributed by atoms with Gasteiger partial charge in [0.15, 0.2) is 5.82 Å². The van der Waals surface area contributed by atoms with Crippen molar-refractivity contribution < 1.29 is 26.0 Å². The van der Waals surface area contributed by atoms with Crippen LogP contribution in [0.1, 0.15) is 12.1 Å². The van der Waals surface area contributed by atoms with Gasteiger partial charge in [0.25, 0.3) is 10.0 Å². The highest BCUT2D eigenvalue weighted by Crippen LogP contribution is 2.32. The molecule has 0 atom stereocenters. The Bertz CT molecular complexity index is 1080. The van der Waals surface area contributed by atoms with Gasteiger partial charge in [0.05, 0.1) is 18.0 Å². The van der Waals surface area contributed by atoms with Gasteiger partial charge < -0.3 is 5.32 Å². The van der Waals surface area contributed by atoms with Gasteiger partial charge in [0.2, 0.25) is 5.95 Å². The summed E-state index contributed by atoms with van der Waals surface area (Å²) in [5.74, 6) is -2.05. The summed E-state index contributed by atoms with van der Waals surface area (Å²) in [6.45, 7) is -3.09. The average molecular weight is 403 g/mol. The minimum absolute atomic E-state index is 0.0421. The summed E-state index contributed by atoms with van der Waals surface area (Å²) in [4.78, 5) is 2.80. The molecule has 0 radical (unpaired) electrons. The van der Waals surface area contributed by atoms with Crippen molar-refractivity contribution in [3.8, 4) is 11.3 Å². The van der Waals surface area contributed by atoms with Crippen LogP contribution < -0.4 is 5.32 Å². The first-order valence-corrected chi connectivity index (χ1v) is 8.94. The monoisotopic (exact) mass is 403 g/mol. The first-order valence-electron chi connectivity index (χ1n) is 7.50. The third kappa shape index (κ3) is 3.32. The van der Waals surface area contributed by atoms with E-state index in [0.717, 1.165) is 12.4 Å². The lowest BCUT2D eigenvalue weighted by atomic mass is 10.2. The molecule has 0 aliphatic carbocycles. The van der Waals surface area contributed by atoms with E-state index in [0.29, 0.717) is 16.4 Å². The van der Waals surface area contributed by atoms with Crippen LogP contribution >= 0.6 is 0 Å². The Morgan fingerprint density at radius 1 is 1.26 bits per heavy atom. The Morgan fingerprint density at radius 3 is 2.59 bits per heavy atom. The minimum atomic E-state index is -4.53. The molecule has 3 aromatic heterocycles. The zero-order valence-corrected chi connectivity index (χ0v) is 14.6. The molecule has 0 aliphatic rings. The number of rotatable bonds is 6. The zero-order chi connectivity index (χ0) is 19.8. The Balaban J connectivity index is 2.25. The van der Waals surface area contributed by atoms with Gasteiger partial charge in [-0.2, -0.15) is 18.3 Å². The third-order valence-corrected chi connectivity index (χ3v) is 5.31. The Morgan fingerprint density at radius 2 is 2.00 bits per heavy atom. The van der Waals surface area contributed by atoms with E-state index in [1.54, 1.807) is 0 Å². The SMILES string of the molecule is CNCc1cn(S(=O)(=O)c2cnn(C(F)F)c2)c(-c2cccnc2F)c1F. The first kappa shape index (κ1) is 19.0. The van der Waals surface area contributed by atoms with Crippen LogP contribution in [0.25, 0.3) is 11.3 Å². The molecule has 0 aromatic carbocycles. The van der Waals surface area contributed by atoms with Crippen LogP contribution in [0, 0.1) is 11.8 Å². The van der Waals surface area contributed by atoms with Crippen molar-refractivity contribution in [2.24, 2.45) is 0 Å². The first-order chi connectivity index (χ1) is 12.8. The third-order valence-electron chi connectivity index (χ3n) is 3.70. The molecule has 144 valence electrons. The van der Waals surface area contributed by atoms with Crippen molar-refractivity contribution in [3.05, 3.63) is 54.2 Å². The fraction of sp³-hybridized carbons (Fsp3) is 0.200. The quantitative estimate of drug-likeness (QED) is 0.505. The van der Waals surface area contributed by atoms with Crippen molar-refractivity contribution in [1.29, 1.82) is 0 Å². The molecule has 3 heterocycles. The standard InChI is InChI=1S/C15H13F4N5O2S/c1-20-5-9-7-24(13(12(9)16)11-3-2-4-21-14(11)17)27(25,26)10-6-22-23(8-10)15(18)19/h2-4,6-8,15,20H,5H2,1H3. The number of pyridine rings is 1. The van der Waals surface area contributed by atoms with E-state index in [9.17, 15) is 26.0 Å². The lowest BCUT2D eigenvalue weighted by Gasteiger charge is -2.09. The summed E-state index contributed by atoms with van der Waals surface area (Å²) in [6, 6.07) is 2.48. The number of hydrogen-bond donors (Lipinski definition) is 1. The summed E-state index contributed by atoms with van der Waals surface area (Å²) >= 11 is 0. The summed E-state index contributed by atoms with van der Waals surface area (Å²) in [5.41, 5.74) is -1.03. The molecule has 0 bridgehead atoms. The van der Waals surface area contributed by atoms with Crippen LogP contribution in [-0.2, 0) is 16.6 Å². The van der Waals surface area contributed by atoms with Gasteiger partial charge >= 0.3 is 6.55 Å². The molecule has 0 fully saturated rings. The predicted molar refractivity (Wildman–Crippen MR) is 86.4 cm³/mol. The number of nitrogens with zero attached hydrogens (tertiary/aromatic N) is 4. The van der Waals surface area contributed by atoms with E-state index in [1.807, 2.05) is 0 Å². The van der Waals surface area contributed by atoms with Crippen molar-refractivity contribution in [2.45, 2.75) is 18.0 Å². The van der Waals surface area contributed by atoms with Gasteiger partial charge in [0.1, 0.15) is 10.6 Å². The van der Waals surface area contributed by atoms with Crippen LogP contribution in [0.3, 0.4) is 0 Å². The van der Waals surface area contributed by atoms with E-state index < -0.39 is 38.9 Å². The van der Waals surface area contributed by atoms with Crippen molar-refractivity contribution in [3.63, 3.8) is 0 Å². The molecule has 3 aromatic rings. The maximum atomic E-state index is 14.9. The maximum Gasteiger partial charge on any atom is 0.333 e. The molecule has 0 spiro atoms. The topological polar surface area (TPSA) is 81.8 Å². The Kier molecular flexibility index (Phi) is 5.02. The summed E-state index contributed by atoms with van der Waals surface area (Å²) in [6.07, 6.45) is 3.40. The van der Waals surface area contributed by atoms with Crippen LogP contribution in [0.15, 0.2) is 41.8 Å². The maximum absolute atomic E-state index is 14.9. The minimum Gasteiger partial charge on any atom is -0.316 e. The van der Waals surface area contributed by atoms with E-state index in [1.165, 1.54) is 19.2 Å². The van der Waals surface area contributed by atoms with Crippen molar-refractivity contribution in [2.75, 3.05) is 7.05 Å². The molecule has 0 aliphatic heterocycles. The van der Waals surface area contributed by atoms with E-state index in [2.05, 4.69) is 15.4 Å². The van der Waals surface area contributed by atoms with E-state index in [4.69, 9.17) is 0 Å². The van der Waals surface area contributed by atoms with E-state index in [-0.39, 0.29) is 22.4 Å². The highest BCUT2D eigenvalue weighted by atomic mass is 32.2. The number of halogens is 4. The molecule has 1 N–H and O–H groups in total. The number of alkyl halides is 2. The second kappa shape index (κ2) is 7.12. The lowest BCUT2D eigenvalue weighted by molar-refractivity contribution is 0.0564. The largest absolute Gasteiger partial charge is 0.333 e. The van der Waals surface area contributed by atoms with Gasteiger partial charge in [-0.1, -0.05) is 0 Å². The molecule has 7 nitrogen and oxygen atoms in total. The van der Waals surface area contributed by atoms with Gasteiger partial charge in [-0.3, -0.25) is 0 Å². The molecule has 3 rings (SSSR count). The molecular formula is C15H13F4N5O2S. The zero-order valence-electron chi connectivity index (χ0n) is 13.8. The summed E-state index contributed by atoms with van der Waals surface area (Å²) in [7, 11) is -3.01. The number of hydrogen-bond acceptors (Lipinski definition) is 5. The van der Waals surface area contributed by atoms with Crippen molar-refractivity contribution in [1.82, 2.24) is 24.1 Å². The summed E-state index contributed by atoms with van der Waals surface area (Å²) < 4.78 is 80.8. The molecule has 12 heteroatoms. The predicted octanol–water partition coefficient (Wildman–Crippen LogP) is 2.38. The van der Waals surface area contributed by atoms with Gasteiger partial charge in [-0.25, -0.2) is 26.4 Å². The van der Waals surface area contributed by atoms with Crippen molar-refractivity contribution >= 4 is 10.0 Å². The smallest absolute Gasteiger partial charge is 0.316 e.